The molecule has 0 fully saturated rings. The summed E-state index contributed by atoms with van der Waals surface area (Å²) in [4.78, 5) is 0. The molecule has 0 saturated heterocycles. The maximum Gasteiger partial charge on any atom is 0.209 e. The van der Waals surface area contributed by atoms with Crippen molar-refractivity contribution in [1.82, 2.24) is 25.5 Å². The highest BCUT2D eigenvalue weighted by atomic mass is 35.5. The molecule has 0 bridgehead atoms. The third-order valence-corrected chi connectivity index (χ3v) is 4.32. The molecule has 0 aliphatic heterocycles. The molecule has 116 valence electrons. The molecule has 0 saturated carbocycles. The number of aromatic nitrogens is 4. The largest absolute Gasteiger partial charge is 0.313 e. The number of benzene rings is 1. The predicted octanol–water partition coefficient (Wildman–Crippen LogP) is 3.21. The van der Waals surface area contributed by atoms with E-state index in [1.54, 1.807) is 22.5 Å². The Hall–Kier alpha value is -0.530. The van der Waals surface area contributed by atoms with E-state index in [0.29, 0.717) is 10.0 Å². The van der Waals surface area contributed by atoms with Gasteiger partial charge in [-0.3, -0.25) is 0 Å². The van der Waals surface area contributed by atoms with Crippen LogP contribution in [0.25, 0.3) is 0 Å². The zero-order chi connectivity index (χ0) is 14.4. The van der Waals surface area contributed by atoms with Crippen LogP contribution < -0.4 is 5.32 Å². The lowest BCUT2D eigenvalue weighted by Gasteiger charge is -2.06. The van der Waals surface area contributed by atoms with E-state index in [0.717, 1.165) is 36.0 Å². The zero-order valence-corrected chi connectivity index (χ0v) is 14.6. The van der Waals surface area contributed by atoms with E-state index in [9.17, 15) is 0 Å². The molecule has 2 aromatic rings. The summed E-state index contributed by atoms with van der Waals surface area (Å²) in [5.41, 5.74) is 1.06. The van der Waals surface area contributed by atoms with Crippen molar-refractivity contribution >= 4 is 47.4 Å². The van der Waals surface area contributed by atoms with E-state index in [4.69, 9.17) is 23.2 Å². The van der Waals surface area contributed by atoms with Crippen LogP contribution in [0, 0.1) is 0 Å². The van der Waals surface area contributed by atoms with Gasteiger partial charge in [-0.15, -0.1) is 17.5 Å². The lowest BCUT2D eigenvalue weighted by molar-refractivity contribution is 0.661. The summed E-state index contributed by atoms with van der Waals surface area (Å²) in [5.74, 6) is 0.968. The third kappa shape index (κ3) is 6.00. The Morgan fingerprint density at radius 3 is 2.81 bits per heavy atom. The molecular formula is C12H16Cl3N5S. The van der Waals surface area contributed by atoms with Crippen molar-refractivity contribution in [1.29, 1.82) is 0 Å². The highest BCUT2D eigenvalue weighted by molar-refractivity contribution is 7.99. The number of rotatable bonds is 7. The molecule has 5 nitrogen and oxygen atoms in total. The van der Waals surface area contributed by atoms with Crippen LogP contribution in [0.3, 0.4) is 0 Å². The molecule has 0 unspecified atom stereocenters. The molecule has 21 heavy (non-hydrogen) atoms. The number of aryl methyl sites for hydroxylation is 1. The normalized spacial score (nSPS) is 10.4. The molecule has 0 atom stereocenters. The van der Waals surface area contributed by atoms with Crippen molar-refractivity contribution in [2.75, 3.05) is 12.3 Å². The van der Waals surface area contributed by atoms with Gasteiger partial charge in [0.05, 0.1) is 0 Å². The van der Waals surface area contributed by atoms with Crippen molar-refractivity contribution < 1.29 is 0 Å². The van der Waals surface area contributed by atoms with Crippen LogP contribution in [0.1, 0.15) is 12.0 Å². The molecule has 0 aliphatic rings. The first-order valence-corrected chi connectivity index (χ1v) is 7.91. The van der Waals surface area contributed by atoms with E-state index < -0.39 is 0 Å². The van der Waals surface area contributed by atoms with Gasteiger partial charge in [-0.05, 0) is 41.1 Å². The maximum atomic E-state index is 6.10. The molecule has 1 N–H and O–H groups in total. The van der Waals surface area contributed by atoms with Gasteiger partial charge >= 0.3 is 0 Å². The first-order chi connectivity index (χ1) is 9.66. The molecule has 1 aromatic carbocycles. The van der Waals surface area contributed by atoms with Gasteiger partial charge in [0, 0.05) is 29.4 Å². The second kappa shape index (κ2) is 9.48. The van der Waals surface area contributed by atoms with Crippen molar-refractivity contribution in [3.63, 3.8) is 0 Å². The minimum atomic E-state index is 0. The number of nitrogens with zero attached hydrogens (tertiary/aromatic N) is 4. The van der Waals surface area contributed by atoms with Gasteiger partial charge < -0.3 is 5.32 Å². The van der Waals surface area contributed by atoms with Crippen LogP contribution >= 0.6 is 47.4 Å². The highest BCUT2D eigenvalue weighted by Crippen LogP contribution is 2.20. The molecule has 9 heteroatoms. The van der Waals surface area contributed by atoms with E-state index >= 15 is 0 Å². The van der Waals surface area contributed by atoms with Crippen molar-refractivity contribution in [2.45, 2.75) is 18.1 Å². The number of thioether (sulfide) groups is 1. The van der Waals surface area contributed by atoms with Crippen molar-refractivity contribution in [2.24, 2.45) is 7.05 Å². The molecule has 1 aromatic heterocycles. The average molecular weight is 369 g/mol. The molecule has 0 spiro atoms. The highest BCUT2D eigenvalue weighted by Gasteiger charge is 2.03. The van der Waals surface area contributed by atoms with E-state index in [1.165, 1.54) is 0 Å². The Kier molecular flexibility index (Phi) is 8.36. The number of nitrogens with one attached hydrogen (secondary N) is 1. The van der Waals surface area contributed by atoms with Gasteiger partial charge in [0.1, 0.15) is 0 Å². The fraction of sp³-hybridized carbons (Fsp3) is 0.417. The van der Waals surface area contributed by atoms with Crippen molar-refractivity contribution in [3.8, 4) is 0 Å². The minimum absolute atomic E-state index is 0. The topological polar surface area (TPSA) is 55.6 Å². The number of halogens is 3. The van der Waals surface area contributed by atoms with Gasteiger partial charge in [-0.25, -0.2) is 4.68 Å². The van der Waals surface area contributed by atoms with Gasteiger partial charge in [-0.1, -0.05) is 41.0 Å². The van der Waals surface area contributed by atoms with Gasteiger partial charge in [0.2, 0.25) is 5.16 Å². The monoisotopic (exact) mass is 367 g/mol. The minimum Gasteiger partial charge on any atom is -0.313 e. The smallest absolute Gasteiger partial charge is 0.209 e. The summed E-state index contributed by atoms with van der Waals surface area (Å²) in [7, 11) is 1.84. The van der Waals surface area contributed by atoms with Crippen LogP contribution in [0.15, 0.2) is 23.4 Å². The Balaban J connectivity index is 0.00000220. The predicted molar refractivity (Wildman–Crippen MR) is 89.6 cm³/mol. The van der Waals surface area contributed by atoms with E-state index in [2.05, 4.69) is 20.8 Å². The molecule has 2 rings (SSSR count). The van der Waals surface area contributed by atoms with Crippen LogP contribution in [0.2, 0.25) is 10.0 Å². The van der Waals surface area contributed by atoms with Gasteiger partial charge in [-0.2, -0.15) is 0 Å². The van der Waals surface area contributed by atoms with Gasteiger partial charge in [0.15, 0.2) is 0 Å². The average Bonchev–Trinajstić information content (AvgIpc) is 2.81. The Bertz CT molecular complexity index is 564. The number of hydrogen-bond donors (Lipinski definition) is 1. The molecule has 0 aliphatic carbocycles. The SMILES string of the molecule is Cl.Cn1nnnc1SCCCNCc1ccc(Cl)cc1Cl. The lowest BCUT2D eigenvalue weighted by Crippen LogP contribution is -2.15. The summed E-state index contributed by atoms with van der Waals surface area (Å²) in [6, 6.07) is 5.55. The van der Waals surface area contributed by atoms with Crippen LogP contribution in [-0.2, 0) is 13.6 Å². The van der Waals surface area contributed by atoms with Gasteiger partial charge in [0.25, 0.3) is 0 Å². The lowest BCUT2D eigenvalue weighted by atomic mass is 10.2. The number of tetrazole rings is 1. The molecule has 1 heterocycles. The third-order valence-electron chi connectivity index (χ3n) is 2.64. The molecule has 0 amide bonds. The van der Waals surface area contributed by atoms with Crippen molar-refractivity contribution in [3.05, 3.63) is 33.8 Å². The first-order valence-electron chi connectivity index (χ1n) is 6.16. The Morgan fingerprint density at radius 2 is 2.14 bits per heavy atom. The Morgan fingerprint density at radius 1 is 1.33 bits per heavy atom. The Labute approximate surface area is 144 Å². The summed E-state index contributed by atoms with van der Waals surface area (Å²) in [6.07, 6.45) is 1.03. The second-order valence-corrected chi connectivity index (χ2v) is 6.11. The van der Waals surface area contributed by atoms with Crippen LogP contribution in [-0.4, -0.2) is 32.5 Å². The van der Waals surface area contributed by atoms with E-state index in [-0.39, 0.29) is 12.4 Å². The molecular weight excluding hydrogens is 353 g/mol. The summed E-state index contributed by atoms with van der Waals surface area (Å²) >= 11 is 13.6. The second-order valence-electron chi connectivity index (χ2n) is 4.20. The fourth-order valence-corrected chi connectivity index (χ4v) is 2.86. The zero-order valence-electron chi connectivity index (χ0n) is 11.4. The number of hydrogen-bond acceptors (Lipinski definition) is 5. The summed E-state index contributed by atoms with van der Waals surface area (Å²) < 4.78 is 1.67. The fourth-order valence-electron chi connectivity index (χ4n) is 1.59. The first kappa shape index (κ1) is 18.5. The standard InChI is InChI=1S/C12H15Cl2N5S.ClH/c1-19-12(16-17-18-19)20-6-2-5-15-8-9-3-4-10(13)7-11(9)14;/h3-4,7,15H,2,5-6,8H2,1H3;1H. The van der Waals surface area contributed by atoms with E-state index in [1.807, 2.05) is 19.2 Å². The van der Waals surface area contributed by atoms with Crippen LogP contribution in [0.5, 0.6) is 0 Å². The summed E-state index contributed by atoms with van der Waals surface area (Å²) in [5, 5.41) is 16.8. The molecule has 0 radical (unpaired) electrons. The summed E-state index contributed by atoms with van der Waals surface area (Å²) in [6.45, 7) is 1.66. The quantitative estimate of drug-likeness (QED) is 0.601. The maximum absolute atomic E-state index is 6.10. The van der Waals surface area contributed by atoms with Crippen LogP contribution in [0.4, 0.5) is 0 Å².